The summed E-state index contributed by atoms with van der Waals surface area (Å²) in [6.45, 7) is 12.6. The molecule has 2 heteroatoms. The minimum Gasteiger partial charge on any atom is -0.502 e. The zero-order valence-electron chi connectivity index (χ0n) is 9.99. The first-order chi connectivity index (χ1) is 7.76. The van der Waals surface area contributed by atoms with Crippen LogP contribution in [0.4, 0.5) is 0 Å². The molecule has 0 heterocycles. The van der Waals surface area contributed by atoms with E-state index in [-0.39, 0.29) is 5.41 Å². The van der Waals surface area contributed by atoms with Crippen molar-refractivity contribution in [3.8, 4) is 0 Å². The Morgan fingerprint density at radius 2 is 1.69 bits per heavy atom. The summed E-state index contributed by atoms with van der Waals surface area (Å²) in [7, 11) is 0. The lowest BCUT2D eigenvalue weighted by molar-refractivity contribution is 0.0726. The molecule has 0 atom stereocenters. The fourth-order valence-corrected chi connectivity index (χ4v) is 2.26. The molecule has 2 nitrogen and oxygen atoms in total. The highest BCUT2D eigenvalue weighted by molar-refractivity contribution is 4.98. The van der Waals surface area contributed by atoms with Gasteiger partial charge in [0, 0.05) is 5.41 Å². The molecule has 1 rings (SSSR count). The average Bonchev–Trinajstić information content (AvgIpc) is 2.35. The Hall–Kier alpha value is -1.18. The Morgan fingerprint density at radius 1 is 1.06 bits per heavy atom. The molecule has 90 valence electrons. The molecule has 1 aliphatic carbocycles. The second kappa shape index (κ2) is 6.41. The van der Waals surface area contributed by atoms with Crippen molar-refractivity contribution in [1.82, 2.24) is 0 Å². The number of rotatable bonds is 7. The van der Waals surface area contributed by atoms with Crippen LogP contribution in [0.5, 0.6) is 0 Å². The molecule has 0 aromatic carbocycles. The molecular weight excluding hydrogens is 200 g/mol. The standard InChI is InChI=1S/C14H22O2/c1-4-14(12-16-6-3)9-7-13(8-10-14)11-15-5-2/h4-6,13H,1-3,7-12H2. The molecule has 1 saturated carbocycles. The molecule has 0 amide bonds. The van der Waals surface area contributed by atoms with Gasteiger partial charge in [0.2, 0.25) is 0 Å². The highest BCUT2D eigenvalue weighted by Crippen LogP contribution is 2.40. The molecule has 1 fully saturated rings. The van der Waals surface area contributed by atoms with Gasteiger partial charge in [-0.2, -0.15) is 0 Å². The van der Waals surface area contributed by atoms with E-state index in [0.717, 1.165) is 19.4 Å². The van der Waals surface area contributed by atoms with Gasteiger partial charge in [0.1, 0.15) is 0 Å². The van der Waals surface area contributed by atoms with Crippen LogP contribution in [0.25, 0.3) is 0 Å². The molecule has 0 unspecified atom stereocenters. The largest absolute Gasteiger partial charge is 0.502 e. The van der Waals surface area contributed by atoms with Crippen LogP contribution in [0.3, 0.4) is 0 Å². The summed E-state index contributed by atoms with van der Waals surface area (Å²) in [5.74, 6) is 0.648. The van der Waals surface area contributed by atoms with Crippen LogP contribution in [-0.4, -0.2) is 13.2 Å². The summed E-state index contributed by atoms with van der Waals surface area (Å²) in [5.41, 5.74) is 0.138. The topological polar surface area (TPSA) is 18.5 Å². The van der Waals surface area contributed by atoms with Gasteiger partial charge >= 0.3 is 0 Å². The van der Waals surface area contributed by atoms with Gasteiger partial charge in [-0.3, -0.25) is 0 Å². The van der Waals surface area contributed by atoms with Gasteiger partial charge in [0.25, 0.3) is 0 Å². The molecule has 0 spiro atoms. The third kappa shape index (κ3) is 3.44. The van der Waals surface area contributed by atoms with Crippen molar-refractivity contribution in [1.29, 1.82) is 0 Å². The maximum Gasteiger partial charge on any atom is 0.0963 e. The highest BCUT2D eigenvalue weighted by Gasteiger charge is 2.33. The smallest absolute Gasteiger partial charge is 0.0963 e. The van der Waals surface area contributed by atoms with Crippen molar-refractivity contribution in [2.75, 3.05) is 13.2 Å². The summed E-state index contributed by atoms with van der Waals surface area (Å²) >= 11 is 0. The minimum atomic E-state index is 0.138. The molecule has 0 saturated heterocycles. The van der Waals surface area contributed by atoms with Crippen LogP contribution in [0, 0.1) is 11.3 Å². The van der Waals surface area contributed by atoms with Crippen LogP contribution in [-0.2, 0) is 9.47 Å². The van der Waals surface area contributed by atoms with Gasteiger partial charge in [0.05, 0.1) is 25.7 Å². The SMILES string of the molecule is C=COCC1CCC(C=C)(COC=C)CC1. The summed E-state index contributed by atoms with van der Waals surface area (Å²) in [5, 5.41) is 0. The molecule has 0 N–H and O–H groups in total. The lowest BCUT2D eigenvalue weighted by atomic mass is 9.71. The molecule has 0 bridgehead atoms. The van der Waals surface area contributed by atoms with Crippen molar-refractivity contribution in [2.45, 2.75) is 25.7 Å². The van der Waals surface area contributed by atoms with E-state index in [1.54, 1.807) is 0 Å². The summed E-state index contributed by atoms with van der Waals surface area (Å²) in [4.78, 5) is 0. The van der Waals surface area contributed by atoms with Crippen LogP contribution < -0.4 is 0 Å². The normalized spacial score (nSPS) is 29.1. The van der Waals surface area contributed by atoms with Crippen LogP contribution >= 0.6 is 0 Å². The van der Waals surface area contributed by atoms with Gasteiger partial charge in [0.15, 0.2) is 0 Å². The number of hydrogen-bond acceptors (Lipinski definition) is 2. The summed E-state index contributed by atoms with van der Waals surface area (Å²) in [6.07, 6.45) is 9.65. The van der Waals surface area contributed by atoms with Crippen molar-refractivity contribution < 1.29 is 9.47 Å². The maximum atomic E-state index is 5.33. The maximum absolute atomic E-state index is 5.33. The van der Waals surface area contributed by atoms with Crippen molar-refractivity contribution in [2.24, 2.45) is 11.3 Å². The molecular formula is C14H22O2. The Morgan fingerprint density at radius 3 is 2.19 bits per heavy atom. The van der Waals surface area contributed by atoms with Gasteiger partial charge in [-0.25, -0.2) is 0 Å². The quantitative estimate of drug-likeness (QED) is 0.483. The number of hydrogen-bond donors (Lipinski definition) is 0. The zero-order chi connectivity index (χ0) is 11.9. The highest BCUT2D eigenvalue weighted by atomic mass is 16.5. The third-order valence-electron chi connectivity index (χ3n) is 3.47. The van der Waals surface area contributed by atoms with Gasteiger partial charge in [-0.15, -0.1) is 6.58 Å². The van der Waals surface area contributed by atoms with Gasteiger partial charge in [-0.1, -0.05) is 19.2 Å². The molecule has 0 radical (unpaired) electrons. The lowest BCUT2D eigenvalue weighted by Gasteiger charge is -2.37. The Balaban J connectivity index is 2.40. The van der Waals surface area contributed by atoms with Gasteiger partial charge < -0.3 is 9.47 Å². The Labute approximate surface area is 98.6 Å². The van der Waals surface area contributed by atoms with Gasteiger partial charge in [-0.05, 0) is 31.6 Å². The van der Waals surface area contributed by atoms with E-state index in [1.807, 2.05) is 6.08 Å². The first-order valence-electron chi connectivity index (χ1n) is 5.85. The van der Waals surface area contributed by atoms with E-state index in [4.69, 9.17) is 9.47 Å². The molecule has 16 heavy (non-hydrogen) atoms. The predicted octanol–water partition coefficient (Wildman–Crippen LogP) is 3.67. The zero-order valence-corrected chi connectivity index (χ0v) is 9.99. The first kappa shape index (κ1) is 12.9. The fourth-order valence-electron chi connectivity index (χ4n) is 2.26. The molecule has 0 aromatic rings. The van der Waals surface area contributed by atoms with Crippen molar-refractivity contribution in [3.05, 3.63) is 38.3 Å². The summed E-state index contributed by atoms with van der Waals surface area (Å²) < 4.78 is 10.6. The lowest BCUT2D eigenvalue weighted by Crippen LogP contribution is -2.30. The predicted molar refractivity (Wildman–Crippen MR) is 66.9 cm³/mol. The molecule has 0 aliphatic heterocycles. The minimum absolute atomic E-state index is 0.138. The molecule has 0 aromatic heterocycles. The van der Waals surface area contributed by atoms with Crippen molar-refractivity contribution >= 4 is 0 Å². The van der Waals surface area contributed by atoms with Crippen molar-refractivity contribution in [3.63, 3.8) is 0 Å². The van der Waals surface area contributed by atoms with E-state index < -0.39 is 0 Å². The second-order valence-electron chi connectivity index (χ2n) is 4.49. The van der Waals surface area contributed by atoms with E-state index in [2.05, 4.69) is 19.7 Å². The third-order valence-corrected chi connectivity index (χ3v) is 3.47. The van der Waals surface area contributed by atoms with Crippen LogP contribution in [0.2, 0.25) is 0 Å². The molecule has 1 aliphatic rings. The van der Waals surface area contributed by atoms with E-state index in [0.29, 0.717) is 12.5 Å². The monoisotopic (exact) mass is 222 g/mol. The summed E-state index contributed by atoms with van der Waals surface area (Å²) in [6, 6.07) is 0. The van der Waals surface area contributed by atoms with E-state index in [1.165, 1.54) is 25.4 Å². The Bertz CT molecular complexity index is 237. The van der Waals surface area contributed by atoms with Crippen LogP contribution in [0.1, 0.15) is 25.7 Å². The van der Waals surface area contributed by atoms with E-state index >= 15 is 0 Å². The van der Waals surface area contributed by atoms with Crippen LogP contribution in [0.15, 0.2) is 38.3 Å². The van der Waals surface area contributed by atoms with E-state index in [9.17, 15) is 0 Å². The first-order valence-corrected chi connectivity index (χ1v) is 5.85. The second-order valence-corrected chi connectivity index (χ2v) is 4.49. The Kier molecular flexibility index (Phi) is 5.17. The fraction of sp³-hybridized carbons (Fsp3) is 0.571. The average molecular weight is 222 g/mol. The number of ether oxygens (including phenoxy) is 2.